The van der Waals surface area contributed by atoms with Crippen LogP contribution >= 0.6 is 23.4 Å². The number of carbonyl (C=O) groups excluding carboxylic acids is 1. The maximum atomic E-state index is 11.5. The van der Waals surface area contributed by atoms with Crippen LogP contribution in [-0.2, 0) is 9.59 Å². The summed E-state index contributed by atoms with van der Waals surface area (Å²) < 4.78 is 0. The number of amidine groups is 1. The number of hydrogen-bond acceptors (Lipinski definition) is 6. The molecule has 162 valence electrons. The third-order valence-electron chi connectivity index (χ3n) is 5.41. The van der Waals surface area contributed by atoms with Gasteiger partial charge >= 0.3 is 5.97 Å². The van der Waals surface area contributed by atoms with Crippen LogP contribution in [-0.4, -0.2) is 50.5 Å². The Kier molecular flexibility index (Phi) is 6.34. The summed E-state index contributed by atoms with van der Waals surface area (Å²) in [4.78, 5) is 24.6. The van der Waals surface area contributed by atoms with Crippen molar-refractivity contribution in [1.29, 1.82) is 10.7 Å². The summed E-state index contributed by atoms with van der Waals surface area (Å²) in [5, 5.41) is 40.7. The van der Waals surface area contributed by atoms with E-state index >= 15 is 0 Å². The predicted octanol–water partition coefficient (Wildman–Crippen LogP) is 3.25. The SMILES string of the molecule is CC(=O)N[C@@H](CSC1CC(O)=CC2=C(C#N)C(=N)N(c3ccc(Cl)cc3)C21C)C(=O)O. The number of aliphatic hydroxyl groups excluding tert-OH is 1. The molecule has 0 bridgehead atoms. The number of aliphatic hydroxyl groups is 1. The molecular weight excluding hydrogens is 440 g/mol. The smallest absolute Gasteiger partial charge is 0.327 e. The fourth-order valence-electron chi connectivity index (χ4n) is 3.95. The van der Waals surface area contributed by atoms with E-state index in [-0.39, 0.29) is 29.3 Å². The maximum absolute atomic E-state index is 11.5. The average Bonchev–Trinajstić information content (AvgIpc) is 2.91. The van der Waals surface area contributed by atoms with E-state index in [1.165, 1.54) is 24.8 Å². The van der Waals surface area contributed by atoms with E-state index in [1.54, 1.807) is 29.2 Å². The number of halogens is 1. The van der Waals surface area contributed by atoms with E-state index in [0.717, 1.165) is 0 Å². The lowest BCUT2D eigenvalue weighted by atomic mass is 9.81. The molecule has 4 N–H and O–H groups in total. The molecule has 3 rings (SSSR count). The summed E-state index contributed by atoms with van der Waals surface area (Å²) >= 11 is 7.28. The highest BCUT2D eigenvalue weighted by Crippen LogP contribution is 2.50. The standard InChI is InChI=1S/C21H21ClN4O4S/c1-11(27)25-17(20(29)30)10-31-18-8-14(28)7-16-15(9-23)19(24)26(21(16,18)2)13-5-3-12(22)4-6-13/h3-7,17-18,24,28H,8,10H2,1-2H3,(H,25,27)(H,29,30)/t17-,18?,21?/m0/s1. The summed E-state index contributed by atoms with van der Waals surface area (Å²) in [5.41, 5.74) is 0.400. The van der Waals surface area contributed by atoms with Crippen LogP contribution in [0.3, 0.4) is 0 Å². The first-order valence-corrected chi connectivity index (χ1v) is 10.8. The highest BCUT2D eigenvalue weighted by Gasteiger charge is 2.53. The minimum absolute atomic E-state index is 0.00415. The van der Waals surface area contributed by atoms with Gasteiger partial charge < -0.3 is 20.4 Å². The van der Waals surface area contributed by atoms with E-state index in [0.29, 0.717) is 16.3 Å². The van der Waals surface area contributed by atoms with Gasteiger partial charge in [-0.25, -0.2) is 4.79 Å². The van der Waals surface area contributed by atoms with Crippen LogP contribution in [0.4, 0.5) is 5.69 Å². The molecule has 31 heavy (non-hydrogen) atoms. The second kappa shape index (κ2) is 8.65. The molecule has 0 spiro atoms. The molecule has 8 nitrogen and oxygen atoms in total. The molecule has 1 amide bonds. The van der Waals surface area contributed by atoms with Gasteiger partial charge in [-0.3, -0.25) is 10.2 Å². The summed E-state index contributed by atoms with van der Waals surface area (Å²) in [7, 11) is 0. The lowest BCUT2D eigenvalue weighted by Gasteiger charge is -2.45. The Morgan fingerprint density at radius 3 is 2.65 bits per heavy atom. The van der Waals surface area contributed by atoms with Gasteiger partial charge in [0.25, 0.3) is 0 Å². The first-order chi connectivity index (χ1) is 14.6. The Bertz CT molecular complexity index is 1050. The third kappa shape index (κ3) is 4.13. The third-order valence-corrected chi connectivity index (χ3v) is 7.21. The molecule has 1 aromatic rings. The number of nitrogens with one attached hydrogen (secondary N) is 2. The number of fused-ring (bicyclic) bond motifs is 1. The van der Waals surface area contributed by atoms with Gasteiger partial charge in [-0.2, -0.15) is 17.0 Å². The molecule has 3 atom stereocenters. The van der Waals surface area contributed by atoms with E-state index < -0.39 is 28.7 Å². The number of aliphatic carboxylic acids is 1. The zero-order valence-corrected chi connectivity index (χ0v) is 18.4. The summed E-state index contributed by atoms with van der Waals surface area (Å²) in [5.74, 6) is -1.52. The number of rotatable bonds is 6. The van der Waals surface area contributed by atoms with Crippen molar-refractivity contribution < 1.29 is 19.8 Å². The average molecular weight is 461 g/mol. The molecule has 1 heterocycles. The number of nitrogens with zero attached hydrogens (tertiary/aromatic N) is 2. The zero-order valence-electron chi connectivity index (χ0n) is 16.8. The molecule has 2 unspecified atom stereocenters. The Balaban J connectivity index is 2.03. The number of amides is 1. The minimum Gasteiger partial charge on any atom is -0.512 e. The Morgan fingerprint density at radius 2 is 2.10 bits per heavy atom. The first-order valence-electron chi connectivity index (χ1n) is 9.40. The molecule has 2 aliphatic rings. The van der Waals surface area contributed by atoms with Gasteiger partial charge in [0.05, 0.1) is 11.3 Å². The van der Waals surface area contributed by atoms with Crippen LogP contribution in [0.2, 0.25) is 5.02 Å². The molecule has 0 radical (unpaired) electrons. The largest absolute Gasteiger partial charge is 0.512 e. The number of benzene rings is 1. The van der Waals surface area contributed by atoms with E-state index in [9.17, 15) is 25.1 Å². The van der Waals surface area contributed by atoms with Crippen LogP contribution in [0.25, 0.3) is 0 Å². The van der Waals surface area contributed by atoms with Gasteiger partial charge in [-0.05, 0) is 37.3 Å². The normalized spacial score (nSPS) is 23.7. The molecule has 1 aromatic carbocycles. The van der Waals surface area contributed by atoms with Gasteiger partial charge in [0.1, 0.15) is 23.5 Å². The lowest BCUT2D eigenvalue weighted by Crippen LogP contribution is -2.55. The second-order valence-corrected chi connectivity index (χ2v) is 9.13. The van der Waals surface area contributed by atoms with Crippen molar-refractivity contribution in [3.63, 3.8) is 0 Å². The number of thioether (sulfide) groups is 1. The molecular formula is C21H21ClN4O4S. The van der Waals surface area contributed by atoms with Gasteiger partial charge in [0, 0.05) is 40.6 Å². The van der Waals surface area contributed by atoms with Crippen molar-refractivity contribution >= 4 is 46.8 Å². The van der Waals surface area contributed by atoms with E-state index in [1.807, 2.05) is 6.92 Å². The van der Waals surface area contributed by atoms with Gasteiger partial charge in [-0.1, -0.05) is 11.6 Å². The van der Waals surface area contributed by atoms with Crippen molar-refractivity contribution in [2.24, 2.45) is 0 Å². The Hall–Kier alpha value is -2.96. The van der Waals surface area contributed by atoms with Crippen molar-refractivity contribution in [3.8, 4) is 6.07 Å². The van der Waals surface area contributed by atoms with E-state index in [2.05, 4.69) is 11.4 Å². The van der Waals surface area contributed by atoms with Crippen molar-refractivity contribution in [3.05, 3.63) is 52.3 Å². The molecule has 0 saturated heterocycles. The Labute approximate surface area is 188 Å². The second-order valence-electron chi connectivity index (χ2n) is 7.46. The molecule has 10 heteroatoms. The van der Waals surface area contributed by atoms with Crippen LogP contribution < -0.4 is 10.2 Å². The molecule has 0 saturated carbocycles. The summed E-state index contributed by atoms with van der Waals surface area (Å²) in [6.07, 6.45) is 1.73. The molecule has 0 aromatic heterocycles. The fourth-order valence-corrected chi connectivity index (χ4v) is 5.57. The van der Waals surface area contributed by atoms with Crippen molar-refractivity contribution in [2.75, 3.05) is 10.7 Å². The number of carboxylic acids is 1. The highest BCUT2D eigenvalue weighted by atomic mass is 35.5. The monoisotopic (exact) mass is 460 g/mol. The van der Waals surface area contributed by atoms with Gasteiger partial charge in [0.2, 0.25) is 5.91 Å². The molecule has 1 aliphatic carbocycles. The summed E-state index contributed by atoms with van der Waals surface area (Å²) in [6.45, 7) is 3.11. The zero-order chi connectivity index (χ0) is 22.9. The van der Waals surface area contributed by atoms with Crippen LogP contribution in [0.1, 0.15) is 20.3 Å². The minimum atomic E-state index is -1.16. The molecule has 0 fully saturated rings. The van der Waals surface area contributed by atoms with Gasteiger partial charge in [0.15, 0.2) is 0 Å². The first kappa shape index (κ1) is 22.7. The molecule has 1 aliphatic heterocycles. The number of anilines is 1. The topological polar surface area (TPSA) is 138 Å². The van der Waals surface area contributed by atoms with Gasteiger partial charge in [-0.15, -0.1) is 0 Å². The number of allylic oxidation sites excluding steroid dienone is 1. The van der Waals surface area contributed by atoms with Crippen molar-refractivity contribution in [1.82, 2.24) is 5.32 Å². The summed E-state index contributed by atoms with van der Waals surface area (Å²) in [6, 6.07) is 7.84. The number of hydrogen-bond donors (Lipinski definition) is 4. The Morgan fingerprint density at radius 1 is 1.45 bits per heavy atom. The van der Waals surface area contributed by atoms with Crippen LogP contribution in [0, 0.1) is 16.7 Å². The van der Waals surface area contributed by atoms with E-state index in [4.69, 9.17) is 17.0 Å². The number of carbonyl (C=O) groups is 2. The van der Waals surface area contributed by atoms with Crippen LogP contribution in [0.5, 0.6) is 0 Å². The fraction of sp³-hybridized carbons (Fsp3) is 0.333. The highest BCUT2D eigenvalue weighted by molar-refractivity contribution is 8.00. The predicted molar refractivity (Wildman–Crippen MR) is 120 cm³/mol. The maximum Gasteiger partial charge on any atom is 0.327 e. The van der Waals surface area contributed by atoms with Crippen molar-refractivity contribution in [2.45, 2.75) is 37.1 Å². The number of nitriles is 1. The quantitative estimate of drug-likeness (QED) is 0.511. The number of carboxylic acid groups (broad SMARTS) is 1. The lowest BCUT2D eigenvalue weighted by molar-refractivity contribution is -0.140. The van der Waals surface area contributed by atoms with Crippen LogP contribution in [0.15, 0.2) is 47.2 Å².